The number of nitrogens with one attached hydrogen (secondary N) is 1. The molecule has 16 heavy (non-hydrogen) atoms. The molecule has 0 aromatic heterocycles. The Morgan fingerprint density at radius 3 is 2.81 bits per heavy atom. The lowest BCUT2D eigenvalue weighted by atomic mass is 10.2. The quantitative estimate of drug-likeness (QED) is 0.739. The van der Waals surface area contributed by atoms with Crippen LogP contribution in [0.1, 0.15) is 25.3 Å². The second-order valence-electron chi connectivity index (χ2n) is 3.86. The van der Waals surface area contributed by atoms with E-state index in [1.165, 1.54) is 6.42 Å². The minimum atomic E-state index is 0.749. The zero-order valence-electron chi connectivity index (χ0n) is 10.1. The first-order chi connectivity index (χ1) is 7.74. The summed E-state index contributed by atoms with van der Waals surface area (Å²) in [6.07, 6.45) is 2.21. The van der Waals surface area contributed by atoms with Crippen molar-refractivity contribution in [3.05, 3.63) is 28.8 Å². The molecule has 0 radical (unpaired) electrons. The van der Waals surface area contributed by atoms with Gasteiger partial charge in [-0.15, -0.1) is 0 Å². The monoisotopic (exact) mass is 241 g/mol. The van der Waals surface area contributed by atoms with Gasteiger partial charge in [-0.1, -0.05) is 18.5 Å². The van der Waals surface area contributed by atoms with E-state index in [9.17, 15) is 0 Å². The van der Waals surface area contributed by atoms with E-state index in [4.69, 9.17) is 16.3 Å². The third kappa shape index (κ3) is 4.86. The van der Waals surface area contributed by atoms with Crippen molar-refractivity contribution in [2.75, 3.05) is 19.7 Å². The molecular formula is C13H20ClNO. The van der Waals surface area contributed by atoms with Gasteiger partial charge in [0.05, 0.1) is 6.61 Å². The molecule has 90 valence electrons. The minimum absolute atomic E-state index is 0.749. The fourth-order valence-corrected chi connectivity index (χ4v) is 1.68. The normalized spacial score (nSPS) is 10.4. The van der Waals surface area contributed by atoms with Gasteiger partial charge < -0.3 is 10.1 Å². The molecule has 0 saturated carbocycles. The molecule has 0 spiro atoms. The van der Waals surface area contributed by atoms with Gasteiger partial charge in [0.2, 0.25) is 0 Å². The smallest absolute Gasteiger partial charge is 0.122 e. The molecule has 0 bridgehead atoms. The van der Waals surface area contributed by atoms with Crippen LogP contribution in [0, 0.1) is 6.92 Å². The number of hydrogen-bond donors (Lipinski definition) is 1. The Labute approximate surface area is 103 Å². The Morgan fingerprint density at radius 1 is 1.31 bits per heavy atom. The predicted molar refractivity (Wildman–Crippen MR) is 69.5 cm³/mol. The summed E-state index contributed by atoms with van der Waals surface area (Å²) in [5.41, 5.74) is 1.09. The summed E-state index contributed by atoms with van der Waals surface area (Å²) < 4.78 is 5.67. The molecule has 0 heterocycles. The summed E-state index contributed by atoms with van der Waals surface area (Å²) in [7, 11) is 0. The van der Waals surface area contributed by atoms with Crippen LogP contribution in [0.25, 0.3) is 0 Å². The highest BCUT2D eigenvalue weighted by Crippen LogP contribution is 2.21. The van der Waals surface area contributed by atoms with Crippen LogP contribution in [0.2, 0.25) is 5.02 Å². The van der Waals surface area contributed by atoms with Crippen LogP contribution in [0.15, 0.2) is 18.2 Å². The standard InChI is InChI=1S/C13H20ClNO/c1-3-7-15-8-4-9-16-13-6-5-12(14)10-11(13)2/h5-6,10,15H,3-4,7-9H2,1-2H3. The van der Waals surface area contributed by atoms with Crippen LogP contribution in [-0.2, 0) is 0 Å². The van der Waals surface area contributed by atoms with Gasteiger partial charge in [0.25, 0.3) is 0 Å². The maximum atomic E-state index is 5.87. The van der Waals surface area contributed by atoms with Crippen LogP contribution in [0.4, 0.5) is 0 Å². The number of aryl methyl sites for hydroxylation is 1. The fourth-order valence-electron chi connectivity index (χ4n) is 1.46. The highest BCUT2D eigenvalue weighted by molar-refractivity contribution is 6.30. The third-order valence-electron chi connectivity index (χ3n) is 2.32. The zero-order valence-corrected chi connectivity index (χ0v) is 10.8. The SMILES string of the molecule is CCCNCCCOc1ccc(Cl)cc1C. The number of hydrogen-bond acceptors (Lipinski definition) is 2. The molecular weight excluding hydrogens is 222 g/mol. The molecule has 0 aliphatic carbocycles. The second kappa shape index (κ2) is 7.53. The van der Waals surface area contributed by atoms with Crippen molar-refractivity contribution in [3.8, 4) is 5.75 Å². The van der Waals surface area contributed by atoms with E-state index in [0.29, 0.717) is 0 Å². The molecule has 1 aromatic rings. The maximum absolute atomic E-state index is 5.87. The zero-order chi connectivity index (χ0) is 11.8. The third-order valence-corrected chi connectivity index (χ3v) is 2.55. The van der Waals surface area contributed by atoms with Crippen LogP contribution in [0.5, 0.6) is 5.75 Å². The van der Waals surface area contributed by atoms with Crippen LogP contribution in [-0.4, -0.2) is 19.7 Å². The minimum Gasteiger partial charge on any atom is -0.493 e. The molecule has 1 rings (SSSR count). The molecule has 0 atom stereocenters. The van der Waals surface area contributed by atoms with Gasteiger partial charge in [0.15, 0.2) is 0 Å². The van der Waals surface area contributed by atoms with E-state index in [-0.39, 0.29) is 0 Å². The highest BCUT2D eigenvalue weighted by atomic mass is 35.5. The molecule has 0 aliphatic rings. The van der Waals surface area contributed by atoms with Crippen molar-refractivity contribution in [2.45, 2.75) is 26.7 Å². The topological polar surface area (TPSA) is 21.3 Å². The molecule has 0 amide bonds. The maximum Gasteiger partial charge on any atom is 0.122 e. The van der Waals surface area contributed by atoms with E-state index < -0.39 is 0 Å². The van der Waals surface area contributed by atoms with E-state index >= 15 is 0 Å². The molecule has 0 unspecified atom stereocenters. The summed E-state index contributed by atoms with van der Waals surface area (Å²) >= 11 is 5.87. The Hall–Kier alpha value is -0.730. The van der Waals surface area contributed by atoms with Gasteiger partial charge in [0, 0.05) is 5.02 Å². The number of benzene rings is 1. The highest BCUT2D eigenvalue weighted by Gasteiger charge is 1.99. The lowest BCUT2D eigenvalue weighted by molar-refractivity contribution is 0.306. The van der Waals surface area contributed by atoms with Crippen LogP contribution in [0.3, 0.4) is 0 Å². The van der Waals surface area contributed by atoms with Gasteiger partial charge in [-0.3, -0.25) is 0 Å². The Bertz CT molecular complexity index is 315. The predicted octanol–water partition coefficient (Wildman–Crippen LogP) is 3.42. The van der Waals surface area contributed by atoms with Gasteiger partial charge in [-0.2, -0.15) is 0 Å². The fraction of sp³-hybridized carbons (Fsp3) is 0.538. The summed E-state index contributed by atoms with van der Waals surface area (Å²) in [4.78, 5) is 0. The molecule has 0 saturated heterocycles. The van der Waals surface area contributed by atoms with Crippen molar-refractivity contribution in [1.82, 2.24) is 5.32 Å². The van der Waals surface area contributed by atoms with Crippen LogP contribution >= 0.6 is 11.6 Å². The van der Waals surface area contributed by atoms with Crippen molar-refractivity contribution < 1.29 is 4.74 Å². The first kappa shape index (κ1) is 13.3. The molecule has 2 nitrogen and oxygen atoms in total. The van der Waals surface area contributed by atoms with Crippen molar-refractivity contribution in [2.24, 2.45) is 0 Å². The van der Waals surface area contributed by atoms with E-state index in [0.717, 1.165) is 42.5 Å². The van der Waals surface area contributed by atoms with E-state index in [1.807, 2.05) is 25.1 Å². The van der Waals surface area contributed by atoms with Gasteiger partial charge >= 0.3 is 0 Å². The lowest BCUT2D eigenvalue weighted by Crippen LogP contribution is -2.18. The van der Waals surface area contributed by atoms with Gasteiger partial charge in [0.1, 0.15) is 5.75 Å². The average Bonchev–Trinajstić information content (AvgIpc) is 2.26. The second-order valence-corrected chi connectivity index (χ2v) is 4.30. The van der Waals surface area contributed by atoms with Crippen molar-refractivity contribution >= 4 is 11.6 Å². The molecule has 0 fully saturated rings. The Kier molecular flexibility index (Phi) is 6.27. The summed E-state index contributed by atoms with van der Waals surface area (Å²) in [6, 6.07) is 5.71. The number of rotatable bonds is 7. The molecule has 0 aliphatic heterocycles. The summed E-state index contributed by atoms with van der Waals surface area (Å²) in [5.74, 6) is 0.930. The van der Waals surface area contributed by atoms with Crippen molar-refractivity contribution in [1.29, 1.82) is 0 Å². The molecule has 3 heteroatoms. The molecule has 1 N–H and O–H groups in total. The summed E-state index contributed by atoms with van der Waals surface area (Å²) in [5, 5.41) is 4.10. The summed E-state index contributed by atoms with van der Waals surface area (Å²) in [6.45, 7) is 7.02. The first-order valence-electron chi connectivity index (χ1n) is 5.83. The van der Waals surface area contributed by atoms with Gasteiger partial charge in [-0.25, -0.2) is 0 Å². The Balaban J connectivity index is 2.21. The van der Waals surface area contributed by atoms with E-state index in [2.05, 4.69) is 12.2 Å². The largest absolute Gasteiger partial charge is 0.493 e. The number of ether oxygens (including phenoxy) is 1. The number of halogens is 1. The average molecular weight is 242 g/mol. The van der Waals surface area contributed by atoms with Crippen molar-refractivity contribution in [3.63, 3.8) is 0 Å². The lowest BCUT2D eigenvalue weighted by Gasteiger charge is -2.09. The molecule has 1 aromatic carbocycles. The van der Waals surface area contributed by atoms with E-state index in [1.54, 1.807) is 0 Å². The van der Waals surface area contributed by atoms with Gasteiger partial charge in [-0.05, 0) is 56.6 Å². The Morgan fingerprint density at radius 2 is 2.12 bits per heavy atom. The van der Waals surface area contributed by atoms with Crippen LogP contribution < -0.4 is 10.1 Å². The first-order valence-corrected chi connectivity index (χ1v) is 6.21.